The number of ether oxygens (including phenoxy) is 1. The van der Waals surface area contributed by atoms with Gasteiger partial charge in [0.2, 0.25) is 0 Å². The largest absolute Gasteiger partial charge is 0.493 e. The zero-order valence-corrected chi connectivity index (χ0v) is 8.68. The predicted octanol–water partition coefficient (Wildman–Crippen LogP) is 2.13. The summed E-state index contributed by atoms with van der Waals surface area (Å²) in [6, 6.07) is 5.97. The predicted molar refractivity (Wildman–Crippen MR) is 57.8 cm³/mol. The summed E-state index contributed by atoms with van der Waals surface area (Å²) in [6.45, 7) is 2.24. The molecule has 2 N–H and O–H groups in total. The fraction of sp³-hybridized carbons (Fsp3) is 0.300. The molecule has 1 unspecified atom stereocenters. The first-order valence-corrected chi connectivity index (χ1v) is 4.68. The Bertz CT molecular complexity index is 330. The van der Waals surface area contributed by atoms with Crippen molar-refractivity contribution in [2.24, 2.45) is 11.7 Å². The normalized spacial score (nSPS) is 12.1. The van der Waals surface area contributed by atoms with Crippen LogP contribution in [0.3, 0.4) is 0 Å². The molecule has 0 radical (unpaired) electrons. The van der Waals surface area contributed by atoms with Crippen molar-refractivity contribution in [3.8, 4) is 5.75 Å². The topological polar surface area (TPSA) is 35.2 Å². The van der Waals surface area contributed by atoms with Crippen LogP contribution in [0.25, 0.3) is 0 Å². The van der Waals surface area contributed by atoms with Crippen LogP contribution in [0.2, 0.25) is 0 Å². The maximum absolute atomic E-state index is 12.7. The number of halogens is 1. The van der Waals surface area contributed by atoms with E-state index in [0.717, 1.165) is 0 Å². The summed E-state index contributed by atoms with van der Waals surface area (Å²) in [5, 5.41) is 0. The summed E-state index contributed by atoms with van der Waals surface area (Å²) in [6.07, 6.45) is 0. The van der Waals surface area contributed by atoms with Crippen LogP contribution in [-0.2, 0) is 0 Å². The molecule has 1 aromatic rings. The van der Waals surface area contributed by atoms with E-state index in [1.807, 2.05) is 6.92 Å². The van der Waals surface area contributed by atoms with Gasteiger partial charge in [-0.25, -0.2) is 4.39 Å². The standard InChI is InChI=1S/C10H12FNOS/c1-7(10(12)14)6-13-9-4-2-3-8(11)5-9/h2-5,7H,6H2,1H3,(H2,12,14). The van der Waals surface area contributed by atoms with Gasteiger partial charge in [0.15, 0.2) is 0 Å². The molecule has 1 rings (SSSR count). The van der Waals surface area contributed by atoms with E-state index in [-0.39, 0.29) is 11.7 Å². The van der Waals surface area contributed by atoms with Crippen molar-refractivity contribution in [1.82, 2.24) is 0 Å². The molecule has 14 heavy (non-hydrogen) atoms. The highest BCUT2D eigenvalue weighted by molar-refractivity contribution is 7.80. The van der Waals surface area contributed by atoms with Crippen molar-refractivity contribution < 1.29 is 9.13 Å². The van der Waals surface area contributed by atoms with Crippen molar-refractivity contribution in [2.75, 3.05) is 6.61 Å². The van der Waals surface area contributed by atoms with E-state index < -0.39 is 0 Å². The molecule has 0 aromatic heterocycles. The van der Waals surface area contributed by atoms with Gasteiger partial charge in [0.05, 0.1) is 11.6 Å². The highest BCUT2D eigenvalue weighted by Crippen LogP contribution is 2.12. The lowest BCUT2D eigenvalue weighted by Gasteiger charge is -2.11. The third-order valence-electron chi connectivity index (χ3n) is 1.78. The molecular formula is C10H12FNOS. The zero-order chi connectivity index (χ0) is 10.6. The Morgan fingerprint density at radius 3 is 2.93 bits per heavy atom. The van der Waals surface area contributed by atoms with E-state index in [2.05, 4.69) is 0 Å². The third-order valence-corrected chi connectivity index (χ3v) is 2.18. The second kappa shape index (κ2) is 4.91. The Labute approximate surface area is 87.9 Å². The Hall–Kier alpha value is -1.16. The van der Waals surface area contributed by atoms with E-state index in [4.69, 9.17) is 22.7 Å². The first-order valence-electron chi connectivity index (χ1n) is 4.27. The van der Waals surface area contributed by atoms with Gasteiger partial charge in [-0.2, -0.15) is 0 Å². The number of benzene rings is 1. The van der Waals surface area contributed by atoms with Gasteiger partial charge < -0.3 is 10.5 Å². The molecule has 0 aliphatic carbocycles. The average Bonchev–Trinajstić information content (AvgIpc) is 2.14. The Morgan fingerprint density at radius 2 is 2.36 bits per heavy atom. The minimum absolute atomic E-state index is 0.00623. The fourth-order valence-corrected chi connectivity index (χ4v) is 0.928. The van der Waals surface area contributed by atoms with Gasteiger partial charge in [-0.05, 0) is 12.1 Å². The zero-order valence-electron chi connectivity index (χ0n) is 7.87. The number of thiocarbonyl (C=S) groups is 1. The molecule has 0 bridgehead atoms. The minimum Gasteiger partial charge on any atom is -0.493 e. The summed E-state index contributed by atoms with van der Waals surface area (Å²) in [7, 11) is 0. The van der Waals surface area contributed by atoms with Crippen LogP contribution in [0.15, 0.2) is 24.3 Å². The summed E-state index contributed by atoms with van der Waals surface area (Å²) in [5.74, 6) is 0.173. The molecular weight excluding hydrogens is 201 g/mol. The Kier molecular flexibility index (Phi) is 3.83. The molecule has 76 valence electrons. The summed E-state index contributed by atoms with van der Waals surface area (Å²) in [5.41, 5.74) is 5.41. The molecule has 0 saturated heterocycles. The van der Waals surface area contributed by atoms with Crippen LogP contribution in [0.4, 0.5) is 4.39 Å². The molecule has 2 nitrogen and oxygen atoms in total. The second-order valence-corrected chi connectivity index (χ2v) is 3.54. The van der Waals surface area contributed by atoms with Gasteiger partial charge in [-0.1, -0.05) is 25.2 Å². The van der Waals surface area contributed by atoms with Gasteiger partial charge in [-0.15, -0.1) is 0 Å². The van der Waals surface area contributed by atoms with Crippen molar-refractivity contribution in [2.45, 2.75) is 6.92 Å². The molecule has 4 heteroatoms. The van der Waals surface area contributed by atoms with Crippen molar-refractivity contribution >= 4 is 17.2 Å². The lowest BCUT2D eigenvalue weighted by molar-refractivity contribution is 0.292. The Balaban J connectivity index is 2.49. The van der Waals surface area contributed by atoms with Crippen LogP contribution in [-0.4, -0.2) is 11.6 Å². The van der Waals surface area contributed by atoms with Crippen LogP contribution in [0, 0.1) is 11.7 Å². The van der Waals surface area contributed by atoms with Crippen molar-refractivity contribution in [3.63, 3.8) is 0 Å². The number of nitrogens with two attached hydrogens (primary N) is 1. The first kappa shape index (κ1) is 10.9. The molecule has 1 atom stereocenters. The quantitative estimate of drug-likeness (QED) is 0.778. The van der Waals surface area contributed by atoms with Gasteiger partial charge in [0, 0.05) is 12.0 Å². The van der Waals surface area contributed by atoms with Gasteiger partial charge >= 0.3 is 0 Å². The van der Waals surface area contributed by atoms with Crippen molar-refractivity contribution in [3.05, 3.63) is 30.1 Å². The molecule has 0 amide bonds. The third kappa shape index (κ3) is 3.30. The summed E-state index contributed by atoms with van der Waals surface area (Å²) in [4.78, 5) is 0.404. The molecule has 1 aromatic carbocycles. The monoisotopic (exact) mass is 213 g/mol. The highest BCUT2D eigenvalue weighted by atomic mass is 32.1. The van der Waals surface area contributed by atoms with Gasteiger partial charge in [-0.3, -0.25) is 0 Å². The molecule has 0 saturated carbocycles. The van der Waals surface area contributed by atoms with E-state index in [9.17, 15) is 4.39 Å². The van der Waals surface area contributed by atoms with Gasteiger partial charge in [0.1, 0.15) is 11.6 Å². The lowest BCUT2D eigenvalue weighted by atomic mass is 10.2. The SMILES string of the molecule is CC(COc1cccc(F)c1)C(N)=S. The Morgan fingerprint density at radius 1 is 1.64 bits per heavy atom. The number of hydrogen-bond acceptors (Lipinski definition) is 2. The van der Waals surface area contributed by atoms with Gasteiger partial charge in [0.25, 0.3) is 0 Å². The molecule has 0 aliphatic heterocycles. The van der Waals surface area contributed by atoms with Crippen LogP contribution >= 0.6 is 12.2 Å². The smallest absolute Gasteiger partial charge is 0.126 e. The highest BCUT2D eigenvalue weighted by Gasteiger charge is 2.05. The minimum atomic E-state index is -0.314. The fourth-order valence-electron chi connectivity index (χ4n) is 0.860. The van der Waals surface area contributed by atoms with E-state index >= 15 is 0 Å². The van der Waals surface area contributed by atoms with Crippen LogP contribution in [0.1, 0.15) is 6.92 Å². The summed E-state index contributed by atoms with van der Waals surface area (Å²) >= 11 is 4.78. The van der Waals surface area contributed by atoms with E-state index in [0.29, 0.717) is 17.3 Å². The number of hydrogen-bond donors (Lipinski definition) is 1. The van der Waals surface area contributed by atoms with Crippen LogP contribution < -0.4 is 10.5 Å². The molecule has 0 fully saturated rings. The summed E-state index contributed by atoms with van der Waals surface area (Å²) < 4.78 is 18.0. The van der Waals surface area contributed by atoms with Crippen molar-refractivity contribution in [1.29, 1.82) is 0 Å². The molecule has 0 spiro atoms. The average molecular weight is 213 g/mol. The molecule has 0 heterocycles. The van der Waals surface area contributed by atoms with E-state index in [1.54, 1.807) is 12.1 Å². The lowest BCUT2D eigenvalue weighted by Crippen LogP contribution is -2.24. The van der Waals surface area contributed by atoms with Crippen LogP contribution in [0.5, 0.6) is 5.75 Å². The molecule has 0 aliphatic rings. The maximum atomic E-state index is 12.7. The number of rotatable bonds is 4. The first-order chi connectivity index (χ1) is 6.59. The second-order valence-electron chi connectivity index (χ2n) is 3.07. The van der Waals surface area contributed by atoms with E-state index in [1.165, 1.54) is 12.1 Å². The maximum Gasteiger partial charge on any atom is 0.126 e.